The maximum Gasteiger partial charge on any atom is 0.254 e. The number of phenols is 1. The molecule has 1 aromatic carbocycles. The highest BCUT2D eigenvalue weighted by Gasteiger charge is 2.22. The molecule has 0 aliphatic carbocycles. The minimum absolute atomic E-state index is 0.0607. The van der Waals surface area contributed by atoms with Crippen molar-refractivity contribution in [3.63, 3.8) is 0 Å². The highest BCUT2D eigenvalue weighted by Crippen LogP contribution is 2.20. The van der Waals surface area contributed by atoms with Crippen molar-refractivity contribution in [2.75, 3.05) is 13.1 Å². The predicted octanol–water partition coefficient (Wildman–Crippen LogP) is 2.29. The van der Waals surface area contributed by atoms with Crippen LogP contribution in [0.4, 0.5) is 0 Å². The van der Waals surface area contributed by atoms with Gasteiger partial charge in [0.2, 0.25) is 0 Å². The van der Waals surface area contributed by atoms with Gasteiger partial charge in [0.1, 0.15) is 5.75 Å². The molecule has 4 nitrogen and oxygen atoms in total. The Hall–Kier alpha value is -1.55. The molecule has 0 radical (unpaired) electrons. The molecule has 4 heteroatoms. The topological polar surface area (TPSA) is 66.6 Å². The number of hydrogen-bond donors (Lipinski definition) is 2. The van der Waals surface area contributed by atoms with Crippen LogP contribution in [0.15, 0.2) is 18.2 Å². The molecule has 1 aromatic rings. The van der Waals surface area contributed by atoms with E-state index in [4.69, 9.17) is 5.73 Å². The van der Waals surface area contributed by atoms with Gasteiger partial charge in [-0.25, -0.2) is 0 Å². The Morgan fingerprint density at radius 3 is 2.47 bits per heavy atom. The number of rotatable bonds is 6. The molecule has 0 atom stereocenters. The van der Waals surface area contributed by atoms with Crippen molar-refractivity contribution in [3.05, 3.63) is 29.3 Å². The number of aryl methyl sites for hydroxylation is 1. The van der Waals surface area contributed by atoms with E-state index in [0.29, 0.717) is 18.7 Å². The fraction of sp³-hybridized carbons (Fsp3) is 0.533. The molecule has 0 aromatic heterocycles. The fourth-order valence-corrected chi connectivity index (χ4v) is 2.23. The fourth-order valence-electron chi connectivity index (χ4n) is 2.23. The predicted molar refractivity (Wildman–Crippen MR) is 77.3 cm³/mol. The number of benzene rings is 1. The van der Waals surface area contributed by atoms with Crippen LogP contribution in [-0.4, -0.2) is 35.0 Å². The summed E-state index contributed by atoms with van der Waals surface area (Å²) in [7, 11) is 0. The third-order valence-electron chi connectivity index (χ3n) is 3.47. The van der Waals surface area contributed by atoms with E-state index in [1.54, 1.807) is 12.1 Å². The number of nitrogens with two attached hydrogens (primary N) is 1. The number of amides is 1. The zero-order valence-electron chi connectivity index (χ0n) is 12.0. The van der Waals surface area contributed by atoms with Crippen LogP contribution in [0.1, 0.15) is 42.6 Å². The van der Waals surface area contributed by atoms with Crippen molar-refractivity contribution in [3.8, 4) is 5.75 Å². The molecule has 0 heterocycles. The molecule has 19 heavy (non-hydrogen) atoms. The highest BCUT2D eigenvalue weighted by atomic mass is 16.3. The highest BCUT2D eigenvalue weighted by molar-refractivity contribution is 5.95. The van der Waals surface area contributed by atoms with Gasteiger partial charge in [0.15, 0.2) is 0 Å². The average molecular weight is 264 g/mol. The third kappa shape index (κ3) is 3.70. The lowest BCUT2D eigenvalue weighted by atomic mass is 10.1. The summed E-state index contributed by atoms with van der Waals surface area (Å²) >= 11 is 0. The van der Waals surface area contributed by atoms with Crippen LogP contribution in [0.3, 0.4) is 0 Å². The molecule has 0 unspecified atom stereocenters. The van der Waals surface area contributed by atoms with Crippen molar-refractivity contribution >= 4 is 5.91 Å². The van der Waals surface area contributed by atoms with E-state index in [-0.39, 0.29) is 17.7 Å². The number of phenolic OH excluding ortho intramolecular Hbond substituents is 1. The van der Waals surface area contributed by atoms with Crippen LogP contribution in [0.25, 0.3) is 0 Å². The number of aromatic hydroxyl groups is 1. The van der Waals surface area contributed by atoms with E-state index in [1.165, 1.54) is 6.07 Å². The van der Waals surface area contributed by atoms with Crippen LogP contribution in [0, 0.1) is 6.92 Å². The third-order valence-corrected chi connectivity index (χ3v) is 3.47. The molecule has 0 saturated carbocycles. The second-order valence-corrected chi connectivity index (χ2v) is 4.76. The van der Waals surface area contributed by atoms with Crippen molar-refractivity contribution < 1.29 is 9.90 Å². The maximum atomic E-state index is 12.5. The van der Waals surface area contributed by atoms with E-state index >= 15 is 0 Å². The second-order valence-electron chi connectivity index (χ2n) is 4.76. The molecule has 1 rings (SSSR count). The minimum atomic E-state index is -0.0607. The Balaban J connectivity index is 3.01. The lowest BCUT2D eigenvalue weighted by molar-refractivity contribution is 0.0674. The zero-order chi connectivity index (χ0) is 14.4. The Bertz CT molecular complexity index is 428. The monoisotopic (exact) mass is 264 g/mol. The normalized spacial score (nSPS) is 10.8. The summed E-state index contributed by atoms with van der Waals surface area (Å²) in [6.07, 6.45) is 1.81. The minimum Gasteiger partial charge on any atom is -0.508 e. The first kappa shape index (κ1) is 15.5. The Labute approximate surface area is 115 Å². The van der Waals surface area contributed by atoms with E-state index in [9.17, 15) is 9.90 Å². The molecule has 0 bridgehead atoms. The largest absolute Gasteiger partial charge is 0.508 e. The van der Waals surface area contributed by atoms with Gasteiger partial charge in [0.05, 0.1) is 0 Å². The maximum absolute atomic E-state index is 12.5. The summed E-state index contributed by atoms with van der Waals surface area (Å²) in [5, 5.41) is 9.72. The summed E-state index contributed by atoms with van der Waals surface area (Å²) < 4.78 is 0. The van der Waals surface area contributed by atoms with Gasteiger partial charge in [0, 0.05) is 24.7 Å². The lowest BCUT2D eigenvalue weighted by Crippen LogP contribution is -2.42. The second kappa shape index (κ2) is 7.14. The average Bonchev–Trinajstić information content (AvgIpc) is 2.41. The number of hydrogen-bond acceptors (Lipinski definition) is 3. The van der Waals surface area contributed by atoms with Crippen molar-refractivity contribution in [1.82, 2.24) is 4.90 Å². The van der Waals surface area contributed by atoms with Gasteiger partial charge in [-0.15, -0.1) is 0 Å². The molecular formula is C15H24N2O2. The van der Waals surface area contributed by atoms with Crippen molar-refractivity contribution in [2.24, 2.45) is 5.73 Å². The molecule has 1 amide bonds. The van der Waals surface area contributed by atoms with E-state index in [0.717, 1.165) is 18.4 Å². The van der Waals surface area contributed by atoms with Crippen LogP contribution in [-0.2, 0) is 0 Å². The Morgan fingerprint density at radius 1 is 1.37 bits per heavy atom. The van der Waals surface area contributed by atoms with Gasteiger partial charge in [-0.1, -0.05) is 19.9 Å². The summed E-state index contributed by atoms with van der Waals surface area (Å²) in [5.74, 6) is 0.0949. The van der Waals surface area contributed by atoms with Gasteiger partial charge in [-0.05, 0) is 37.5 Å². The summed E-state index contributed by atoms with van der Waals surface area (Å²) in [5.41, 5.74) is 6.89. The molecule has 0 fully saturated rings. The summed E-state index contributed by atoms with van der Waals surface area (Å²) in [6.45, 7) is 6.93. The smallest absolute Gasteiger partial charge is 0.254 e. The van der Waals surface area contributed by atoms with Gasteiger partial charge < -0.3 is 15.7 Å². The first-order valence-electron chi connectivity index (χ1n) is 6.85. The first-order chi connectivity index (χ1) is 9.04. The van der Waals surface area contributed by atoms with Gasteiger partial charge in [0.25, 0.3) is 5.91 Å². The van der Waals surface area contributed by atoms with Crippen LogP contribution >= 0.6 is 0 Å². The lowest BCUT2D eigenvalue weighted by Gasteiger charge is -2.30. The SMILES string of the molecule is CCC(CC)N(CCN)C(=O)c1ccc(C)c(O)c1. The summed E-state index contributed by atoms with van der Waals surface area (Å²) in [6, 6.07) is 5.24. The molecule has 106 valence electrons. The number of nitrogens with zero attached hydrogens (tertiary/aromatic N) is 1. The summed E-state index contributed by atoms with van der Waals surface area (Å²) in [4.78, 5) is 14.3. The molecular weight excluding hydrogens is 240 g/mol. The van der Waals surface area contributed by atoms with E-state index < -0.39 is 0 Å². The van der Waals surface area contributed by atoms with Gasteiger partial charge in [-0.2, -0.15) is 0 Å². The van der Waals surface area contributed by atoms with Crippen LogP contribution in [0.2, 0.25) is 0 Å². The van der Waals surface area contributed by atoms with Gasteiger partial charge >= 0.3 is 0 Å². The zero-order valence-corrected chi connectivity index (χ0v) is 12.0. The van der Waals surface area contributed by atoms with Crippen LogP contribution < -0.4 is 5.73 Å². The number of carbonyl (C=O) groups excluding carboxylic acids is 1. The quantitative estimate of drug-likeness (QED) is 0.828. The van der Waals surface area contributed by atoms with Crippen molar-refractivity contribution in [2.45, 2.75) is 39.7 Å². The van der Waals surface area contributed by atoms with Gasteiger partial charge in [-0.3, -0.25) is 4.79 Å². The molecule has 0 aliphatic rings. The molecule has 0 saturated heterocycles. The van der Waals surface area contributed by atoms with Crippen molar-refractivity contribution in [1.29, 1.82) is 0 Å². The standard InChI is InChI=1S/C15H24N2O2/c1-4-13(5-2)17(9-8-16)15(19)12-7-6-11(3)14(18)10-12/h6-7,10,13,18H,4-5,8-9,16H2,1-3H3. The number of carbonyl (C=O) groups is 1. The van der Waals surface area contributed by atoms with E-state index in [2.05, 4.69) is 13.8 Å². The van der Waals surface area contributed by atoms with E-state index in [1.807, 2.05) is 11.8 Å². The first-order valence-corrected chi connectivity index (χ1v) is 6.85. The Morgan fingerprint density at radius 2 is 2.00 bits per heavy atom. The molecule has 0 aliphatic heterocycles. The molecule has 3 N–H and O–H groups in total. The van der Waals surface area contributed by atoms with Crippen LogP contribution in [0.5, 0.6) is 5.75 Å². The molecule has 0 spiro atoms. The Kier molecular flexibility index (Phi) is 5.83.